The Bertz CT molecular complexity index is 994. The number of nitrogens with one attached hydrogen (secondary N) is 1. The summed E-state index contributed by atoms with van der Waals surface area (Å²) in [4.78, 5) is 12.7. The molecule has 2 aromatic carbocycles. The van der Waals surface area contributed by atoms with Crippen molar-refractivity contribution in [2.75, 3.05) is 31.3 Å². The molecule has 0 radical (unpaired) electrons. The number of ether oxygens (including phenoxy) is 2. The van der Waals surface area contributed by atoms with E-state index in [0.29, 0.717) is 17.2 Å². The van der Waals surface area contributed by atoms with Gasteiger partial charge in [-0.15, -0.1) is 0 Å². The third kappa shape index (κ3) is 5.86. The van der Waals surface area contributed by atoms with Gasteiger partial charge in [-0.2, -0.15) is 0 Å². The van der Waals surface area contributed by atoms with Gasteiger partial charge in [-0.05, 0) is 55.8 Å². The van der Waals surface area contributed by atoms with Crippen molar-refractivity contribution >= 4 is 37.5 Å². The van der Waals surface area contributed by atoms with Gasteiger partial charge in [0.25, 0.3) is 0 Å². The summed E-state index contributed by atoms with van der Waals surface area (Å²) in [5.41, 5.74) is 2.02. The van der Waals surface area contributed by atoms with E-state index < -0.39 is 22.0 Å². The molecule has 9 heteroatoms. The summed E-state index contributed by atoms with van der Waals surface area (Å²) >= 11 is 3.39. The van der Waals surface area contributed by atoms with Crippen LogP contribution in [0.4, 0.5) is 5.69 Å². The molecule has 0 saturated carbocycles. The minimum Gasteiger partial charge on any atom is -0.497 e. The average molecular weight is 485 g/mol. The predicted molar refractivity (Wildman–Crippen MR) is 117 cm³/mol. The summed E-state index contributed by atoms with van der Waals surface area (Å²) in [6.07, 6.45) is 1.08. The van der Waals surface area contributed by atoms with Crippen LogP contribution in [0.3, 0.4) is 0 Å². The molecule has 2 aromatic rings. The van der Waals surface area contributed by atoms with Crippen LogP contribution in [-0.4, -0.2) is 41.3 Å². The second-order valence-electron chi connectivity index (χ2n) is 6.60. The van der Waals surface area contributed by atoms with Gasteiger partial charge in [-0.3, -0.25) is 9.10 Å². The Morgan fingerprint density at radius 2 is 1.86 bits per heavy atom. The van der Waals surface area contributed by atoms with Gasteiger partial charge in [0.1, 0.15) is 18.0 Å². The van der Waals surface area contributed by atoms with Crippen molar-refractivity contribution in [3.8, 4) is 11.5 Å². The standard InChI is InChI=1S/C20H25BrN2O5S/c1-13-10-15(6-8-18(13)21)23(29(5,25)26)12-20(24)22-14(2)17-11-16(27-3)7-9-19(17)28-4/h6-11,14H,12H2,1-5H3,(H,22,24)/t14-/m0/s1. The molecule has 158 valence electrons. The van der Waals surface area contributed by atoms with E-state index in [-0.39, 0.29) is 6.54 Å². The minimum atomic E-state index is -3.65. The topological polar surface area (TPSA) is 84.9 Å². The van der Waals surface area contributed by atoms with E-state index in [1.54, 1.807) is 57.5 Å². The maximum absolute atomic E-state index is 12.7. The maximum Gasteiger partial charge on any atom is 0.241 e. The molecule has 29 heavy (non-hydrogen) atoms. The Hall–Kier alpha value is -2.26. The molecule has 0 fully saturated rings. The fraction of sp³-hybridized carbons (Fsp3) is 0.350. The molecule has 0 heterocycles. The Labute approximate surface area is 180 Å². The Kier molecular flexibility index (Phi) is 7.54. The van der Waals surface area contributed by atoms with Crippen LogP contribution in [-0.2, 0) is 14.8 Å². The quantitative estimate of drug-likeness (QED) is 0.620. The SMILES string of the molecule is COc1ccc(OC)c([C@H](C)NC(=O)CN(c2ccc(Br)c(C)c2)S(C)(=O)=O)c1. The van der Waals surface area contributed by atoms with Crippen molar-refractivity contribution in [1.29, 1.82) is 0 Å². The number of amides is 1. The lowest BCUT2D eigenvalue weighted by atomic mass is 10.1. The Morgan fingerprint density at radius 3 is 2.41 bits per heavy atom. The van der Waals surface area contributed by atoms with Crippen LogP contribution in [0.15, 0.2) is 40.9 Å². The molecule has 0 aromatic heterocycles. The predicted octanol–water partition coefficient (Wildman–Crippen LogP) is 3.42. The van der Waals surface area contributed by atoms with E-state index in [0.717, 1.165) is 26.2 Å². The number of rotatable bonds is 8. The van der Waals surface area contributed by atoms with Gasteiger partial charge in [0.05, 0.1) is 32.2 Å². The van der Waals surface area contributed by atoms with Crippen LogP contribution in [0.25, 0.3) is 0 Å². The molecule has 0 bridgehead atoms. The minimum absolute atomic E-state index is 0.337. The first-order chi connectivity index (χ1) is 13.6. The second kappa shape index (κ2) is 9.49. The molecular weight excluding hydrogens is 460 g/mol. The molecule has 1 N–H and O–H groups in total. The number of halogens is 1. The van der Waals surface area contributed by atoms with Gasteiger partial charge >= 0.3 is 0 Å². The highest BCUT2D eigenvalue weighted by Crippen LogP contribution is 2.29. The maximum atomic E-state index is 12.7. The van der Waals surface area contributed by atoms with E-state index in [2.05, 4.69) is 21.2 Å². The first kappa shape index (κ1) is 23.0. The smallest absolute Gasteiger partial charge is 0.241 e. The van der Waals surface area contributed by atoms with Crippen molar-refractivity contribution in [3.05, 3.63) is 52.0 Å². The number of carbonyl (C=O) groups excluding carboxylic acids is 1. The molecule has 1 atom stereocenters. The van der Waals surface area contributed by atoms with E-state index in [4.69, 9.17) is 9.47 Å². The lowest BCUT2D eigenvalue weighted by Gasteiger charge is -2.24. The largest absolute Gasteiger partial charge is 0.497 e. The summed E-state index contributed by atoms with van der Waals surface area (Å²) < 4.78 is 37.1. The van der Waals surface area contributed by atoms with Gasteiger partial charge in [-0.25, -0.2) is 8.42 Å². The van der Waals surface area contributed by atoms with E-state index in [1.165, 1.54) is 0 Å². The molecule has 0 spiro atoms. The third-order valence-corrected chi connectivity index (χ3v) is 6.43. The van der Waals surface area contributed by atoms with E-state index in [1.807, 2.05) is 6.92 Å². The lowest BCUT2D eigenvalue weighted by molar-refractivity contribution is -0.120. The fourth-order valence-electron chi connectivity index (χ4n) is 2.86. The van der Waals surface area contributed by atoms with Gasteiger partial charge in [0, 0.05) is 10.0 Å². The molecule has 7 nitrogen and oxygen atoms in total. The first-order valence-electron chi connectivity index (χ1n) is 8.82. The van der Waals surface area contributed by atoms with Crippen molar-refractivity contribution in [2.45, 2.75) is 19.9 Å². The van der Waals surface area contributed by atoms with Gasteiger partial charge < -0.3 is 14.8 Å². The zero-order chi connectivity index (χ0) is 21.8. The molecule has 2 rings (SSSR count). The summed E-state index contributed by atoms with van der Waals surface area (Å²) in [6.45, 7) is 3.31. The number of carbonyl (C=O) groups is 1. The zero-order valence-corrected chi connectivity index (χ0v) is 19.4. The number of nitrogens with zero attached hydrogens (tertiary/aromatic N) is 1. The molecule has 0 unspecified atom stereocenters. The summed E-state index contributed by atoms with van der Waals surface area (Å²) in [5, 5.41) is 2.83. The molecule has 0 aliphatic carbocycles. The number of methoxy groups -OCH3 is 2. The third-order valence-electron chi connectivity index (χ3n) is 4.40. The molecule has 0 aliphatic heterocycles. The zero-order valence-electron chi connectivity index (χ0n) is 17.0. The van der Waals surface area contributed by atoms with Gasteiger partial charge in [0.2, 0.25) is 15.9 Å². The number of benzene rings is 2. The summed E-state index contributed by atoms with van der Waals surface area (Å²) in [7, 11) is -0.557. The van der Waals surface area contributed by atoms with Gasteiger partial charge in [0.15, 0.2) is 0 Å². The number of aryl methyl sites for hydroxylation is 1. The Balaban J connectivity index is 2.23. The van der Waals surface area contributed by atoms with E-state index in [9.17, 15) is 13.2 Å². The van der Waals surface area contributed by atoms with Crippen LogP contribution in [0, 0.1) is 6.92 Å². The van der Waals surface area contributed by atoms with Crippen LogP contribution < -0.4 is 19.1 Å². The van der Waals surface area contributed by atoms with Crippen molar-refractivity contribution in [2.24, 2.45) is 0 Å². The molecule has 1 amide bonds. The van der Waals surface area contributed by atoms with Crippen molar-refractivity contribution in [1.82, 2.24) is 5.32 Å². The highest BCUT2D eigenvalue weighted by atomic mass is 79.9. The monoisotopic (exact) mass is 484 g/mol. The average Bonchev–Trinajstić information content (AvgIpc) is 2.66. The van der Waals surface area contributed by atoms with E-state index >= 15 is 0 Å². The number of sulfonamides is 1. The number of hydrogen-bond donors (Lipinski definition) is 1. The van der Waals surface area contributed by atoms with Crippen LogP contribution in [0.2, 0.25) is 0 Å². The normalized spacial score (nSPS) is 12.2. The first-order valence-corrected chi connectivity index (χ1v) is 11.5. The van der Waals surface area contributed by atoms with Crippen molar-refractivity contribution < 1.29 is 22.7 Å². The van der Waals surface area contributed by atoms with Crippen LogP contribution in [0.1, 0.15) is 24.1 Å². The van der Waals surface area contributed by atoms with Gasteiger partial charge in [-0.1, -0.05) is 15.9 Å². The number of anilines is 1. The second-order valence-corrected chi connectivity index (χ2v) is 9.36. The fourth-order valence-corrected chi connectivity index (χ4v) is 3.95. The van der Waals surface area contributed by atoms with Crippen LogP contribution >= 0.6 is 15.9 Å². The summed E-state index contributed by atoms with van der Waals surface area (Å²) in [5.74, 6) is 0.792. The lowest BCUT2D eigenvalue weighted by Crippen LogP contribution is -2.41. The molecule has 0 saturated heterocycles. The Morgan fingerprint density at radius 1 is 1.17 bits per heavy atom. The highest BCUT2D eigenvalue weighted by Gasteiger charge is 2.23. The molecular formula is C20H25BrN2O5S. The van der Waals surface area contributed by atoms with Crippen molar-refractivity contribution in [3.63, 3.8) is 0 Å². The summed E-state index contributed by atoms with van der Waals surface area (Å²) in [6, 6.07) is 10.00. The highest BCUT2D eigenvalue weighted by molar-refractivity contribution is 9.10. The van der Waals surface area contributed by atoms with Crippen LogP contribution in [0.5, 0.6) is 11.5 Å². The molecule has 0 aliphatic rings. The number of hydrogen-bond acceptors (Lipinski definition) is 5.